The average molecular weight is 272 g/mol. The molecule has 1 atom stereocenters. The van der Waals surface area contributed by atoms with E-state index in [9.17, 15) is 5.11 Å². The van der Waals surface area contributed by atoms with Gasteiger partial charge >= 0.3 is 0 Å². The minimum absolute atomic E-state index is 0. The molecule has 2 N–H and O–H groups in total. The Morgan fingerprint density at radius 2 is 1.94 bits per heavy atom. The second-order valence-electron chi connectivity index (χ2n) is 5.23. The van der Waals surface area contributed by atoms with Crippen molar-refractivity contribution in [3.63, 3.8) is 0 Å². The van der Waals surface area contributed by atoms with Gasteiger partial charge in [0.1, 0.15) is 0 Å². The summed E-state index contributed by atoms with van der Waals surface area (Å²) >= 11 is 0. The second kappa shape index (κ2) is 9.37. The zero-order valence-corrected chi connectivity index (χ0v) is 12.5. The van der Waals surface area contributed by atoms with Gasteiger partial charge in [0.15, 0.2) is 0 Å². The Kier molecular flexibility index (Phi) is 9.08. The van der Waals surface area contributed by atoms with Crippen LogP contribution >= 0.6 is 12.4 Å². The molecule has 1 aromatic rings. The fraction of sp³-hybridized carbons (Fsp3) is 0.600. The van der Waals surface area contributed by atoms with E-state index in [1.165, 1.54) is 11.1 Å². The van der Waals surface area contributed by atoms with Crippen LogP contribution in [0.1, 0.15) is 31.4 Å². The molecule has 0 spiro atoms. The Morgan fingerprint density at radius 3 is 2.56 bits per heavy atom. The molecule has 0 bridgehead atoms. The van der Waals surface area contributed by atoms with Gasteiger partial charge in [-0.25, -0.2) is 0 Å². The molecule has 0 saturated carbocycles. The average Bonchev–Trinajstić information content (AvgIpc) is 2.26. The maximum atomic E-state index is 9.83. The van der Waals surface area contributed by atoms with Crippen LogP contribution in [0.15, 0.2) is 24.3 Å². The Labute approximate surface area is 117 Å². The van der Waals surface area contributed by atoms with E-state index < -0.39 is 0 Å². The van der Waals surface area contributed by atoms with Crippen LogP contribution in [-0.4, -0.2) is 24.3 Å². The summed E-state index contributed by atoms with van der Waals surface area (Å²) in [6.07, 6.45) is 1.54. The molecule has 0 aromatic heterocycles. The van der Waals surface area contributed by atoms with Crippen LogP contribution in [0, 0.1) is 12.8 Å². The third kappa shape index (κ3) is 7.70. The van der Waals surface area contributed by atoms with Crippen LogP contribution in [0.4, 0.5) is 0 Å². The lowest BCUT2D eigenvalue weighted by Gasteiger charge is -2.13. The standard InChI is InChI=1S/C15H25NO.ClH/c1-12(2)10-16-11-15(17)8-7-14-6-4-5-13(3)9-14;/h4-6,9,12,15-17H,7-8,10-11H2,1-3H3;1H. The quantitative estimate of drug-likeness (QED) is 0.799. The third-order valence-electron chi connectivity index (χ3n) is 2.78. The van der Waals surface area contributed by atoms with E-state index in [1.54, 1.807) is 0 Å². The molecular formula is C15H26ClNO. The first-order valence-corrected chi connectivity index (χ1v) is 6.52. The number of rotatable bonds is 7. The molecule has 0 heterocycles. The molecule has 0 aliphatic heterocycles. The largest absolute Gasteiger partial charge is 0.392 e. The number of halogens is 1. The molecule has 0 aliphatic rings. The molecule has 18 heavy (non-hydrogen) atoms. The predicted octanol–water partition coefficient (Wildman–Crippen LogP) is 2.96. The summed E-state index contributed by atoms with van der Waals surface area (Å²) in [5, 5.41) is 13.1. The lowest BCUT2D eigenvalue weighted by atomic mass is 10.0. The molecular weight excluding hydrogens is 246 g/mol. The highest BCUT2D eigenvalue weighted by Gasteiger charge is 2.04. The first kappa shape index (κ1) is 17.4. The van der Waals surface area contributed by atoms with E-state index in [0.29, 0.717) is 12.5 Å². The van der Waals surface area contributed by atoms with Crippen LogP contribution < -0.4 is 5.32 Å². The van der Waals surface area contributed by atoms with Gasteiger partial charge in [0.2, 0.25) is 0 Å². The lowest BCUT2D eigenvalue weighted by Crippen LogP contribution is -2.29. The number of hydrogen-bond acceptors (Lipinski definition) is 2. The van der Waals surface area contributed by atoms with E-state index in [1.807, 2.05) is 0 Å². The Bertz CT molecular complexity index is 328. The van der Waals surface area contributed by atoms with Gasteiger partial charge in [0.25, 0.3) is 0 Å². The molecule has 1 unspecified atom stereocenters. The molecule has 3 heteroatoms. The summed E-state index contributed by atoms with van der Waals surface area (Å²) < 4.78 is 0. The third-order valence-corrected chi connectivity index (χ3v) is 2.78. The van der Waals surface area contributed by atoms with Gasteiger partial charge in [0, 0.05) is 6.54 Å². The maximum Gasteiger partial charge on any atom is 0.0667 e. The number of hydrogen-bond donors (Lipinski definition) is 2. The van der Waals surface area contributed by atoms with Crippen LogP contribution in [-0.2, 0) is 6.42 Å². The summed E-state index contributed by atoms with van der Waals surface area (Å²) in [6.45, 7) is 8.12. The van der Waals surface area contributed by atoms with Crippen LogP contribution in [0.2, 0.25) is 0 Å². The first-order valence-electron chi connectivity index (χ1n) is 6.52. The monoisotopic (exact) mass is 271 g/mol. The molecule has 0 amide bonds. The molecule has 1 aromatic carbocycles. The second-order valence-corrected chi connectivity index (χ2v) is 5.23. The molecule has 0 saturated heterocycles. The van der Waals surface area contributed by atoms with Gasteiger partial charge in [0.05, 0.1) is 6.10 Å². The topological polar surface area (TPSA) is 32.3 Å². The van der Waals surface area contributed by atoms with Crippen molar-refractivity contribution in [1.82, 2.24) is 5.32 Å². The van der Waals surface area contributed by atoms with Crippen LogP contribution in [0.5, 0.6) is 0 Å². The van der Waals surface area contributed by atoms with Crippen LogP contribution in [0.25, 0.3) is 0 Å². The van der Waals surface area contributed by atoms with E-state index in [-0.39, 0.29) is 18.5 Å². The summed E-state index contributed by atoms with van der Waals surface area (Å²) in [6, 6.07) is 8.49. The lowest BCUT2D eigenvalue weighted by molar-refractivity contribution is 0.161. The first-order chi connectivity index (χ1) is 8.08. The van der Waals surface area contributed by atoms with Gasteiger partial charge in [-0.3, -0.25) is 0 Å². The van der Waals surface area contributed by atoms with Crippen molar-refractivity contribution in [1.29, 1.82) is 0 Å². The van der Waals surface area contributed by atoms with Gasteiger partial charge in [-0.15, -0.1) is 12.4 Å². The van der Waals surface area contributed by atoms with Crippen molar-refractivity contribution in [2.45, 2.75) is 39.7 Å². The van der Waals surface area contributed by atoms with Crippen molar-refractivity contribution in [3.8, 4) is 0 Å². The molecule has 0 aliphatic carbocycles. The van der Waals surface area contributed by atoms with Gasteiger partial charge < -0.3 is 10.4 Å². The zero-order chi connectivity index (χ0) is 12.7. The van der Waals surface area contributed by atoms with Crippen molar-refractivity contribution < 1.29 is 5.11 Å². The van der Waals surface area contributed by atoms with Gasteiger partial charge in [-0.05, 0) is 37.8 Å². The Morgan fingerprint density at radius 1 is 1.22 bits per heavy atom. The van der Waals surface area contributed by atoms with E-state index in [0.717, 1.165) is 19.4 Å². The number of aliphatic hydroxyl groups is 1. The molecule has 104 valence electrons. The van der Waals surface area contributed by atoms with Crippen molar-refractivity contribution in [2.75, 3.05) is 13.1 Å². The van der Waals surface area contributed by atoms with Crippen molar-refractivity contribution in [3.05, 3.63) is 35.4 Å². The summed E-state index contributed by atoms with van der Waals surface area (Å²) in [4.78, 5) is 0. The van der Waals surface area contributed by atoms with Crippen molar-refractivity contribution in [2.24, 2.45) is 5.92 Å². The fourth-order valence-electron chi connectivity index (χ4n) is 1.84. The number of aliphatic hydroxyl groups excluding tert-OH is 1. The number of benzene rings is 1. The van der Waals surface area contributed by atoms with E-state index >= 15 is 0 Å². The maximum absolute atomic E-state index is 9.83. The SMILES string of the molecule is Cc1cccc(CCC(O)CNCC(C)C)c1.Cl. The summed E-state index contributed by atoms with van der Waals surface area (Å²) in [5.41, 5.74) is 2.60. The molecule has 0 radical (unpaired) electrons. The Balaban J connectivity index is 0.00000289. The minimum Gasteiger partial charge on any atom is -0.392 e. The fourth-order valence-corrected chi connectivity index (χ4v) is 1.84. The zero-order valence-electron chi connectivity index (χ0n) is 11.6. The number of nitrogens with one attached hydrogen (secondary N) is 1. The smallest absolute Gasteiger partial charge is 0.0667 e. The van der Waals surface area contributed by atoms with Crippen LogP contribution in [0.3, 0.4) is 0 Å². The summed E-state index contributed by atoms with van der Waals surface area (Å²) in [5.74, 6) is 0.638. The summed E-state index contributed by atoms with van der Waals surface area (Å²) in [7, 11) is 0. The Hall–Kier alpha value is -0.570. The van der Waals surface area contributed by atoms with Crippen molar-refractivity contribution >= 4 is 12.4 Å². The highest BCUT2D eigenvalue weighted by atomic mass is 35.5. The highest BCUT2D eigenvalue weighted by Crippen LogP contribution is 2.07. The highest BCUT2D eigenvalue weighted by molar-refractivity contribution is 5.85. The predicted molar refractivity (Wildman–Crippen MR) is 80.5 cm³/mol. The molecule has 1 rings (SSSR count). The molecule has 0 fully saturated rings. The number of aryl methyl sites for hydroxylation is 2. The van der Waals surface area contributed by atoms with Gasteiger partial charge in [-0.1, -0.05) is 43.7 Å². The van der Waals surface area contributed by atoms with E-state index in [4.69, 9.17) is 0 Å². The van der Waals surface area contributed by atoms with E-state index in [2.05, 4.69) is 50.4 Å². The van der Waals surface area contributed by atoms with Gasteiger partial charge in [-0.2, -0.15) is 0 Å². The molecule has 2 nitrogen and oxygen atoms in total. The minimum atomic E-state index is -0.241. The normalized spacial score (nSPS) is 12.3.